The highest BCUT2D eigenvalue weighted by Crippen LogP contribution is 2.31. The molecule has 0 aliphatic carbocycles. The van der Waals surface area contributed by atoms with Crippen molar-refractivity contribution in [1.82, 2.24) is 5.32 Å². The maximum Gasteiger partial charge on any atom is 0.0632 e. The van der Waals surface area contributed by atoms with E-state index in [-0.39, 0.29) is 0 Å². The molecule has 1 unspecified atom stereocenters. The highest BCUT2D eigenvalue weighted by Gasteiger charge is 2.07. The Morgan fingerprint density at radius 1 is 1.14 bits per heavy atom. The predicted molar refractivity (Wildman–Crippen MR) is 94.6 cm³/mol. The average Bonchev–Trinajstić information content (AvgIpc) is 2.49. The summed E-state index contributed by atoms with van der Waals surface area (Å²) in [6.45, 7) is 5.27. The maximum absolute atomic E-state index is 6.23. The van der Waals surface area contributed by atoms with Crippen LogP contribution in [0.3, 0.4) is 0 Å². The van der Waals surface area contributed by atoms with Crippen molar-refractivity contribution < 1.29 is 0 Å². The first kappa shape index (κ1) is 16.7. The fraction of sp³-hybridized carbons (Fsp3) is 0.294. The standard InChI is InChI=1S/C17H19Cl2NS/c1-3-20-12(2)13-6-4-8-15(10-13)21-11-14-7-5-9-16(18)17(14)19/h4-10,12,20H,3,11H2,1-2H3. The first-order valence-electron chi connectivity index (χ1n) is 7.01. The van der Waals surface area contributed by atoms with E-state index >= 15 is 0 Å². The van der Waals surface area contributed by atoms with Gasteiger partial charge in [0.25, 0.3) is 0 Å². The number of thioether (sulfide) groups is 1. The Bertz CT molecular complexity index is 601. The summed E-state index contributed by atoms with van der Waals surface area (Å²) in [5.41, 5.74) is 2.37. The van der Waals surface area contributed by atoms with Gasteiger partial charge in [0.2, 0.25) is 0 Å². The van der Waals surface area contributed by atoms with Gasteiger partial charge in [-0.25, -0.2) is 0 Å². The summed E-state index contributed by atoms with van der Waals surface area (Å²) in [6, 6.07) is 14.8. The van der Waals surface area contributed by atoms with E-state index in [1.807, 2.05) is 18.2 Å². The van der Waals surface area contributed by atoms with E-state index in [0.717, 1.165) is 17.9 Å². The molecule has 2 aromatic carbocycles. The zero-order chi connectivity index (χ0) is 15.2. The van der Waals surface area contributed by atoms with Crippen LogP contribution in [0.15, 0.2) is 47.4 Å². The van der Waals surface area contributed by atoms with E-state index < -0.39 is 0 Å². The molecule has 112 valence electrons. The number of benzene rings is 2. The highest BCUT2D eigenvalue weighted by atomic mass is 35.5. The van der Waals surface area contributed by atoms with Gasteiger partial charge in [0.15, 0.2) is 0 Å². The van der Waals surface area contributed by atoms with Gasteiger partial charge in [-0.15, -0.1) is 11.8 Å². The van der Waals surface area contributed by atoms with Gasteiger partial charge in [-0.1, -0.05) is 54.4 Å². The zero-order valence-corrected chi connectivity index (χ0v) is 14.5. The van der Waals surface area contributed by atoms with E-state index in [1.165, 1.54) is 10.5 Å². The van der Waals surface area contributed by atoms with Crippen molar-refractivity contribution in [2.24, 2.45) is 0 Å². The second-order valence-electron chi connectivity index (χ2n) is 4.85. The maximum atomic E-state index is 6.23. The number of hydrogen-bond donors (Lipinski definition) is 1. The number of halogens is 2. The Hall–Kier alpha value is -0.670. The van der Waals surface area contributed by atoms with Crippen LogP contribution in [-0.2, 0) is 5.75 Å². The highest BCUT2D eigenvalue weighted by molar-refractivity contribution is 7.98. The van der Waals surface area contributed by atoms with Gasteiger partial charge in [0, 0.05) is 16.7 Å². The lowest BCUT2D eigenvalue weighted by Gasteiger charge is -2.14. The summed E-state index contributed by atoms with van der Waals surface area (Å²) in [7, 11) is 0. The third-order valence-corrected chi connectivity index (χ3v) is 5.19. The molecule has 0 aliphatic heterocycles. The third kappa shape index (κ3) is 4.65. The molecule has 0 spiro atoms. The fourth-order valence-corrected chi connectivity index (χ4v) is 3.54. The quantitative estimate of drug-likeness (QED) is 0.652. The smallest absolute Gasteiger partial charge is 0.0632 e. The minimum absolute atomic E-state index is 0.366. The van der Waals surface area contributed by atoms with Gasteiger partial charge in [0.1, 0.15) is 0 Å². The largest absolute Gasteiger partial charge is 0.310 e. The van der Waals surface area contributed by atoms with Gasteiger partial charge in [-0.05, 0) is 42.8 Å². The molecule has 1 atom stereocenters. The Kier molecular flexibility index (Phi) is 6.43. The second kappa shape index (κ2) is 8.09. The van der Waals surface area contributed by atoms with Crippen LogP contribution < -0.4 is 5.32 Å². The zero-order valence-electron chi connectivity index (χ0n) is 12.2. The lowest BCUT2D eigenvalue weighted by atomic mass is 10.1. The molecule has 0 bridgehead atoms. The normalized spacial score (nSPS) is 12.4. The van der Waals surface area contributed by atoms with Crippen LogP contribution >= 0.6 is 35.0 Å². The summed E-state index contributed by atoms with van der Waals surface area (Å²) in [6.07, 6.45) is 0. The van der Waals surface area contributed by atoms with Crippen LogP contribution in [0.5, 0.6) is 0 Å². The minimum Gasteiger partial charge on any atom is -0.310 e. The molecular formula is C17H19Cl2NS. The molecule has 4 heteroatoms. The molecule has 0 amide bonds. The molecule has 0 fully saturated rings. The molecule has 2 rings (SSSR count). The van der Waals surface area contributed by atoms with Gasteiger partial charge in [-0.3, -0.25) is 0 Å². The van der Waals surface area contributed by atoms with Crippen LogP contribution in [0.1, 0.15) is 31.0 Å². The lowest BCUT2D eigenvalue weighted by molar-refractivity contribution is 0.597. The molecule has 0 heterocycles. The van der Waals surface area contributed by atoms with Crippen LogP contribution in [0.2, 0.25) is 10.0 Å². The molecule has 0 aromatic heterocycles. The molecule has 1 N–H and O–H groups in total. The van der Waals surface area contributed by atoms with E-state index in [2.05, 4.69) is 43.4 Å². The van der Waals surface area contributed by atoms with Crippen molar-refractivity contribution in [1.29, 1.82) is 0 Å². The Morgan fingerprint density at radius 2 is 1.90 bits per heavy atom. The molecule has 0 radical (unpaired) electrons. The SMILES string of the molecule is CCNC(C)c1cccc(SCc2cccc(Cl)c2Cl)c1. The van der Waals surface area contributed by atoms with E-state index in [9.17, 15) is 0 Å². The molecular weight excluding hydrogens is 321 g/mol. The monoisotopic (exact) mass is 339 g/mol. The van der Waals surface area contributed by atoms with Gasteiger partial charge < -0.3 is 5.32 Å². The molecule has 0 saturated carbocycles. The molecule has 0 saturated heterocycles. The van der Waals surface area contributed by atoms with Gasteiger partial charge >= 0.3 is 0 Å². The summed E-state index contributed by atoms with van der Waals surface area (Å²) in [5, 5.41) is 4.70. The van der Waals surface area contributed by atoms with Crippen molar-refractivity contribution in [2.45, 2.75) is 30.5 Å². The summed E-state index contributed by atoms with van der Waals surface area (Å²) < 4.78 is 0. The topological polar surface area (TPSA) is 12.0 Å². The van der Waals surface area contributed by atoms with Crippen molar-refractivity contribution >= 4 is 35.0 Å². The second-order valence-corrected chi connectivity index (χ2v) is 6.69. The molecule has 21 heavy (non-hydrogen) atoms. The third-order valence-electron chi connectivity index (χ3n) is 3.29. The fourth-order valence-electron chi connectivity index (χ4n) is 2.12. The molecule has 0 aliphatic rings. The van der Waals surface area contributed by atoms with Crippen molar-refractivity contribution in [2.75, 3.05) is 6.54 Å². The van der Waals surface area contributed by atoms with E-state index in [1.54, 1.807) is 11.8 Å². The predicted octanol–water partition coefficient (Wildman–Crippen LogP) is 5.96. The van der Waals surface area contributed by atoms with Crippen LogP contribution in [0, 0.1) is 0 Å². The molecule has 1 nitrogen and oxygen atoms in total. The van der Waals surface area contributed by atoms with Gasteiger partial charge in [0.05, 0.1) is 10.0 Å². The Balaban J connectivity index is 2.06. The number of hydrogen-bond acceptors (Lipinski definition) is 2. The molecule has 2 aromatic rings. The van der Waals surface area contributed by atoms with E-state index in [4.69, 9.17) is 23.2 Å². The van der Waals surface area contributed by atoms with Crippen molar-refractivity contribution in [3.05, 3.63) is 63.6 Å². The number of rotatable bonds is 6. The van der Waals surface area contributed by atoms with Crippen LogP contribution in [0.25, 0.3) is 0 Å². The van der Waals surface area contributed by atoms with Gasteiger partial charge in [-0.2, -0.15) is 0 Å². The first-order chi connectivity index (χ1) is 10.1. The van der Waals surface area contributed by atoms with Crippen molar-refractivity contribution in [3.63, 3.8) is 0 Å². The summed E-state index contributed by atoms with van der Waals surface area (Å²) in [4.78, 5) is 1.24. The summed E-state index contributed by atoms with van der Waals surface area (Å²) >= 11 is 14.0. The Morgan fingerprint density at radius 3 is 2.67 bits per heavy atom. The first-order valence-corrected chi connectivity index (χ1v) is 8.75. The number of nitrogens with one attached hydrogen (secondary N) is 1. The summed E-state index contributed by atoms with van der Waals surface area (Å²) in [5.74, 6) is 0.818. The van der Waals surface area contributed by atoms with Crippen molar-refractivity contribution in [3.8, 4) is 0 Å². The minimum atomic E-state index is 0.366. The van der Waals surface area contributed by atoms with Crippen LogP contribution in [0.4, 0.5) is 0 Å². The van der Waals surface area contributed by atoms with Crippen LogP contribution in [-0.4, -0.2) is 6.54 Å². The Labute approximate surface area is 141 Å². The lowest BCUT2D eigenvalue weighted by Crippen LogP contribution is -2.17. The van der Waals surface area contributed by atoms with E-state index in [0.29, 0.717) is 16.1 Å². The average molecular weight is 340 g/mol.